The van der Waals surface area contributed by atoms with Crippen LogP contribution in [0.25, 0.3) is 0 Å². The molecule has 0 heterocycles. The van der Waals surface area contributed by atoms with E-state index in [1.165, 1.54) is 11.1 Å². The lowest BCUT2D eigenvalue weighted by Gasteiger charge is -2.10. The van der Waals surface area contributed by atoms with Gasteiger partial charge in [-0.1, -0.05) is 24.3 Å². The highest BCUT2D eigenvalue weighted by molar-refractivity contribution is 7.98. The van der Waals surface area contributed by atoms with Crippen molar-refractivity contribution in [2.45, 2.75) is 24.5 Å². The number of rotatable bonds is 5. The van der Waals surface area contributed by atoms with E-state index in [2.05, 4.69) is 24.4 Å². The van der Waals surface area contributed by atoms with Crippen molar-refractivity contribution in [1.29, 1.82) is 0 Å². The first-order valence-corrected chi connectivity index (χ1v) is 7.95. The Balaban J connectivity index is 2.14. The quantitative estimate of drug-likeness (QED) is 0.655. The SMILES string of the molecule is CCNC(=O)c1ccc(N)c(SCc2ccccc2C)c1. The summed E-state index contributed by atoms with van der Waals surface area (Å²) in [5.41, 5.74) is 9.92. The molecule has 0 unspecified atom stereocenters. The Kier molecular flexibility index (Phi) is 5.28. The zero-order valence-corrected chi connectivity index (χ0v) is 13.2. The zero-order valence-electron chi connectivity index (χ0n) is 12.3. The number of aryl methyl sites for hydroxylation is 1. The van der Waals surface area contributed by atoms with Crippen LogP contribution in [0.5, 0.6) is 0 Å². The van der Waals surface area contributed by atoms with Gasteiger partial charge in [-0.15, -0.1) is 11.8 Å². The Hall–Kier alpha value is -1.94. The minimum absolute atomic E-state index is 0.0600. The van der Waals surface area contributed by atoms with Gasteiger partial charge in [-0.2, -0.15) is 0 Å². The van der Waals surface area contributed by atoms with Crippen molar-refractivity contribution in [1.82, 2.24) is 5.32 Å². The Labute approximate surface area is 129 Å². The van der Waals surface area contributed by atoms with Crippen LogP contribution in [-0.2, 0) is 5.75 Å². The van der Waals surface area contributed by atoms with Gasteiger partial charge in [-0.3, -0.25) is 4.79 Å². The second kappa shape index (κ2) is 7.18. The smallest absolute Gasteiger partial charge is 0.251 e. The molecule has 0 saturated heterocycles. The van der Waals surface area contributed by atoms with E-state index in [4.69, 9.17) is 5.73 Å². The van der Waals surface area contributed by atoms with E-state index >= 15 is 0 Å². The number of carbonyl (C=O) groups is 1. The third-order valence-corrected chi connectivity index (χ3v) is 4.38. The topological polar surface area (TPSA) is 55.1 Å². The predicted octanol–water partition coefficient (Wildman–Crippen LogP) is 3.62. The minimum atomic E-state index is -0.0600. The summed E-state index contributed by atoms with van der Waals surface area (Å²) in [4.78, 5) is 12.8. The molecule has 0 aliphatic heterocycles. The van der Waals surface area contributed by atoms with Crippen molar-refractivity contribution in [2.75, 3.05) is 12.3 Å². The number of anilines is 1. The molecule has 3 N–H and O–H groups in total. The average Bonchev–Trinajstić information content (AvgIpc) is 2.48. The zero-order chi connectivity index (χ0) is 15.2. The first-order valence-electron chi connectivity index (χ1n) is 6.97. The highest BCUT2D eigenvalue weighted by Gasteiger charge is 2.08. The molecule has 2 aromatic rings. The van der Waals surface area contributed by atoms with Crippen LogP contribution in [-0.4, -0.2) is 12.5 Å². The van der Waals surface area contributed by atoms with Crippen LogP contribution in [0.15, 0.2) is 47.4 Å². The molecule has 0 bridgehead atoms. The number of nitrogens with one attached hydrogen (secondary N) is 1. The maximum Gasteiger partial charge on any atom is 0.251 e. The Bertz CT molecular complexity index is 640. The van der Waals surface area contributed by atoms with E-state index < -0.39 is 0 Å². The van der Waals surface area contributed by atoms with Gasteiger partial charge in [-0.05, 0) is 43.2 Å². The molecule has 0 atom stereocenters. The van der Waals surface area contributed by atoms with Crippen LogP contribution in [0.1, 0.15) is 28.4 Å². The van der Waals surface area contributed by atoms with Gasteiger partial charge >= 0.3 is 0 Å². The Morgan fingerprint density at radius 3 is 2.71 bits per heavy atom. The van der Waals surface area contributed by atoms with Gasteiger partial charge in [0.05, 0.1) is 0 Å². The number of hydrogen-bond donors (Lipinski definition) is 2. The molecular formula is C17H20N2OS. The fourth-order valence-corrected chi connectivity index (χ4v) is 3.07. The van der Waals surface area contributed by atoms with Gasteiger partial charge < -0.3 is 11.1 Å². The van der Waals surface area contributed by atoms with Crippen molar-refractivity contribution < 1.29 is 4.79 Å². The molecule has 4 heteroatoms. The first-order chi connectivity index (χ1) is 10.1. The number of benzene rings is 2. The minimum Gasteiger partial charge on any atom is -0.398 e. The largest absolute Gasteiger partial charge is 0.398 e. The summed E-state index contributed by atoms with van der Waals surface area (Å²) < 4.78 is 0. The Morgan fingerprint density at radius 2 is 2.00 bits per heavy atom. The summed E-state index contributed by atoms with van der Waals surface area (Å²) in [6.45, 7) is 4.63. The molecule has 0 saturated carbocycles. The molecule has 110 valence electrons. The van der Waals surface area contributed by atoms with E-state index in [0.717, 1.165) is 10.6 Å². The monoisotopic (exact) mass is 300 g/mol. The van der Waals surface area contributed by atoms with Crippen molar-refractivity contribution in [3.8, 4) is 0 Å². The number of hydrogen-bond acceptors (Lipinski definition) is 3. The number of carbonyl (C=O) groups excluding carboxylic acids is 1. The first kappa shape index (κ1) is 15.4. The summed E-state index contributed by atoms with van der Waals surface area (Å²) in [6, 6.07) is 13.7. The van der Waals surface area contributed by atoms with Crippen LogP contribution in [0.2, 0.25) is 0 Å². The lowest BCUT2D eigenvalue weighted by atomic mass is 10.1. The molecule has 0 aromatic heterocycles. The third kappa shape index (κ3) is 4.02. The van der Waals surface area contributed by atoms with E-state index in [1.54, 1.807) is 23.9 Å². The standard InChI is InChI=1S/C17H20N2OS/c1-3-19-17(20)13-8-9-15(18)16(10-13)21-11-14-7-5-4-6-12(14)2/h4-10H,3,11,18H2,1-2H3,(H,19,20). The fraction of sp³-hybridized carbons (Fsp3) is 0.235. The summed E-state index contributed by atoms with van der Waals surface area (Å²) in [7, 11) is 0. The maximum atomic E-state index is 11.9. The fourth-order valence-electron chi connectivity index (χ4n) is 1.99. The van der Waals surface area contributed by atoms with Crippen LogP contribution in [0.3, 0.4) is 0 Å². The summed E-state index contributed by atoms with van der Waals surface area (Å²) in [5.74, 6) is 0.783. The lowest BCUT2D eigenvalue weighted by Crippen LogP contribution is -2.22. The second-order valence-corrected chi connectivity index (χ2v) is 5.84. The van der Waals surface area contributed by atoms with Gasteiger partial charge in [0.15, 0.2) is 0 Å². The highest BCUT2D eigenvalue weighted by atomic mass is 32.2. The van der Waals surface area contributed by atoms with E-state index in [-0.39, 0.29) is 5.91 Å². The van der Waals surface area contributed by atoms with Crippen LogP contribution in [0, 0.1) is 6.92 Å². The molecule has 0 aliphatic carbocycles. The predicted molar refractivity (Wildman–Crippen MR) is 89.6 cm³/mol. The number of thioether (sulfide) groups is 1. The molecular weight excluding hydrogens is 280 g/mol. The maximum absolute atomic E-state index is 11.9. The molecule has 3 nitrogen and oxygen atoms in total. The van der Waals surface area contributed by atoms with E-state index in [9.17, 15) is 4.79 Å². The second-order valence-electron chi connectivity index (χ2n) is 4.83. The van der Waals surface area contributed by atoms with Crippen LogP contribution >= 0.6 is 11.8 Å². The van der Waals surface area contributed by atoms with E-state index in [0.29, 0.717) is 17.8 Å². The molecule has 2 rings (SSSR count). The molecule has 0 spiro atoms. The highest BCUT2D eigenvalue weighted by Crippen LogP contribution is 2.30. The molecule has 21 heavy (non-hydrogen) atoms. The Morgan fingerprint density at radius 1 is 1.24 bits per heavy atom. The molecule has 0 aliphatic rings. The third-order valence-electron chi connectivity index (χ3n) is 3.26. The van der Waals surface area contributed by atoms with Crippen molar-refractivity contribution >= 4 is 23.4 Å². The van der Waals surface area contributed by atoms with Crippen LogP contribution in [0.4, 0.5) is 5.69 Å². The van der Waals surface area contributed by atoms with Gasteiger partial charge in [0.1, 0.15) is 0 Å². The molecule has 1 amide bonds. The van der Waals surface area contributed by atoms with Gasteiger partial charge in [0, 0.05) is 28.4 Å². The van der Waals surface area contributed by atoms with Gasteiger partial charge in [-0.25, -0.2) is 0 Å². The van der Waals surface area contributed by atoms with Crippen molar-refractivity contribution in [3.63, 3.8) is 0 Å². The number of nitrogen functional groups attached to an aromatic ring is 1. The molecule has 0 fully saturated rings. The average molecular weight is 300 g/mol. The van der Waals surface area contributed by atoms with Gasteiger partial charge in [0.25, 0.3) is 5.91 Å². The lowest BCUT2D eigenvalue weighted by molar-refractivity contribution is 0.0955. The van der Waals surface area contributed by atoms with Gasteiger partial charge in [0.2, 0.25) is 0 Å². The summed E-state index contributed by atoms with van der Waals surface area (Å²) in [5, 5.41) is 2.80. The van der Waals surface area contributed by atoms with Crippen molar-refractivity contribution in [2.24, 2.45) is 0 Å². The number of nitrogens with two attached hydrogens (primary N) is 1. The van der Waals surface area contributed by atoms with Crippen LogP contribution < -0.4 is 11.1 Å². The van der Waals surface area contributed by atoms with Crippen molar-refractivity contribution in [3.05, 3.63) is 59.2 Å². The summed E-state index contributed by atoms with van der Waals surface area (Å²) >= 11 is 1.66. The number of amides is 1. The van der Waals surface area contributed by atoms with E-state index in [1.807, 2.05) is 25.1 Å². The normalized spacial score (nSPS) is 10.4. The summed E-state index contributed by atoms with van der Waals surface area (Å²) in [6.07, 6.45) is 0. The molecule has 0 radical (unpaired) electrons. The molecule has 2 aromatic carbocycles.